The molecule has 0 saturated heterocycles. The van der Waals surface area contributed by atoms with E-state index in [4.69, 9.17) is 10.5 Å². The third kappa shape index (κ3) is 3.34. The van der Waals surface area contributed by atoms with Crippen molar-refractivity contribution in [2.45, 2.75) is 13.0 Å². The van der Waals surface area contributed by atoms with Crippen molar-refractivity contribution in [3.8, 4) is 5.75 Å². The molecule has 0 bridgehead atoms. The quantitative estimate of drug-likeness (QED) is 0.931. The van der Waals surface area contributed by atoms with Crippen LogP contribution >= 0.6 is 15.9 Å². The molecule has 0 saturated carbocycles. The van der Waals surface area contributed by atoms with Crippen LogP contribution in [0, 0.1) is 6.92 Å². The van der Waals surface area contributed by atoms with Crippen molar-refractivity contribution in [1.29, 1.82) is 0 Å². The Morgan fingerprint density at radius 3 is 2.22 bits per heavy atom. The van der Waals surface area contributed by atoms with Crippen LogP contribution in [-0.4, -0.2) is 6.54 Å². The van der Waals surface area contributed by atoms with Crippen molar-refractivity contribution in [2.24, 2.45) is 5.73 Å². The van der Waals surface area contributed by atoms with Crippen molar-refractivity contribution in [3.63, 3.8) is 0 Å². The van der Waals surface area contributed by atoms with Crippen LogP contribution < -0.4 is 10.5 Å². The topological polar surface area (TPSA) is 35.2 Å². The normalized spacial score (nSPS) is 12.2. The Morgan fingerprint density at radius 2 is 1.67 bits per heavy atom. The van der Waals surface area contributed by atoms with Crippen molar-refractivity contribution >= 4 is 15.9 Å². The van der Waals surface area contributed by atoms with E-state index in [1.807, 2.05) is 24.3 Å². The molecule has 0 radical (unpaired) electrons. The number of ether oxygens (including phenoxy) is 1. The molecule has 0 amide bonds. The second-order valence-corrected chi connectivity index (χ2v) is 5.12. The van der Waals surface area contributed by atoms with Crippen molar-refractivity contribution < 1.29 is 4.74 Å². The van der Waals surface area contributed by atoms with Crippen LogP contribution in [0.25, 0.3) is 0 Å². The van der Waals surface area contributed by atoms with Crippen LogP contribution in [0.2, 0.25) is 0 Å². The van der Waals surface area contributed by atoms with Gasteiger partial charge in [-0.15, -0.1) is 0 Å². The molecule has 18 heavy (non-hydrogen) atoms. The fourth-order valence-electron chi connectivity index (χ4n) is 1.71. The van der Waals surface area contributed by atoms with Gasteiger partial charge in [-0.1, -0.05) is 45.8 Å². The van der Waals surface area contributed by atoms with E-state index >= 15 is 0 Å². The van der Waals surface area contributed by atoms with E-state index in [-0.39, 0.29) is 6.10 Å². The van der Waals surface area contributed by atoms with Crippen LogP contribution in [0.3, 0.4) is 0 Å². The van der Waals surface area contributed by atoms with Gasteiger partial charge >= 0.3 is 0 Å². The summed E-state index contributed by atoms with van der Waals surface area (Å²) < 4.78 is 6.94. The SMILES string of the molecule is Cc1ccc(C(CN)Oc2ccc(Br)cc2)cc1. The average molecular weight is 306 g/mol. The summed E-state index contributed by atoms with van der Waals surface area (Å²) in [6.07, 6.45) is -0.105. The first-order chi connectivity index (χ1) is 8.69. The first kappa shape index (κ1) is 13.1. The van der Waals surface area contributed by atoms with Gasteiger partial charge in [0.1, 0.15) is 11.9 Å². The third-order valence-electron chi connectivity index (χ3n) is 2.76. The zero-order valence-electron chi connectivity index (χ0n) is 10.3. The maximum atomic E-state index is 5.90. The first-order valence-corrected chi connectivity index (χ1v) is 6.67. The summed E-state index contributed by atoms with van der Waals surface area (Å²) >= 11 is 3.40. The lowest BCUT2D eigenvalue weighted by atomic mass is 10.1. The van der Waals surface area contributed by atoms with Gasteiger partial charge in [0.2, 0.25) is 0 Å². The zero-order chi connectivity index (χ0) is 13.0. The maximum absolute atomic E-state index is 5.90. The summed E-state index contributed by atoms with van der Waals surface area (Å²) in [6, 6.07) is 16.0. The highest BCUT2D eigenvalue weighted by atomic mass is 79.9. The van der Waals surface area contributed by atoms with Gasteiger partial charge in [0, 0.05) is 11.0 Å². The zero-order valence-corrected chi connectivity index (χ0v) is 11.9. The lowest BCUT2D eigenvalue weighted by molar-refractivity contribution is 0.214. The predicted octanol–water partition coefficient (Wildman–Crippen LogP) is 3.84. The number of rotatable bonds is 4. The standard InChI is InChI=1S/C15H16BrNO/c1-11-2-4-12(5-3-11)15(10-17)18-14-8-6-13(16)7-9-14/h2-9,15H,10,17H2,1H3. The minimum atomic E-state index is -0.105. The molecule has 2 aromatic rings. The van der Waals surface area contributed by atoms with Crippen molar-refractivity contribution in [2.75, 3.05) is 6.54 Å². The molecule has 0 fully saturated rings. The molecule has 1 atom stereocenters. The number of benzene rings is 2. The number of halogens is 1. The molecule has 2 aromatic carbocycles. The third-order valence-corrected chi connectivity index (χ3v) is 3.28. The highest BCUT2D eigenvalue weighted by Gasteiger charge is 2.11. The highest BCUT2D eigenvalue weighted by molar-refractivity contribution is 9.10. The second-order valence-electron chi connectivity index (χ2n) is 4.21. The van der Waals surface area contributed by atoms with E-state index in [1.54, 1.807) is 0 Å². The second kappa shape index (κ2) is 6.03. The summed E-state index contributed by atoms with van der Waals surface area (Å²) in [6.45, 7) is 2.52. The summed E-state index contributed by atoms with van der Waals surface area (Å²) in [4.78, 5) is 0. The molecule has 2 nitrogen and oxygen atoms in total. The van der Waals surface area contributed by atoms with Crippen molar-refractivity contribution in [1.82, 2.24) is 0 Å². The fourth-order valence-corrected chi connectivity index (χ4v) is 1.98. The monoisotopic (exact) mass is 305 g/mol. The fraction of sp³-hybridized carbons (Fsp3) is 0.200. The van der Waals surface area contributed by atoms with E-state index in [9.17, 15) is 0 Å². The summed E-state index contributed by atoms with van der Waals surface area (Å²) in [5.41, 5.74) is 8.12. The summed E-state index contributed by atoms with van der Waals surface area (Å²) in [5.74, 6) is 0.828. The Bertz CT molecular complexity index is 493. The van der Waals surface area contributed by atoms with E-state index in [0.717, 1.165) is 15.8 Å². The average Bonchev–Trinajstić information content (AvgIpc) is 2.39. The molecule has 0 spiro atoms. The molecule has 0 aliphatic rings. The van der Waals surface area contributed by atoms with Gasteiger partial charge < -0.3 is 10.5 Å². The minimum absolute atomic E-state index is 0.105. The van der Waals surface area contributed by atoms with Gasteiger partial charge in [0.15, 0.2) is 0 Å². The van der Waals surface area contributed by atoms with Crippen LogP contribution in [0.5, 0.6) is 5.75 Å². The number of aryl methyl sites for hydroxylation is 1. The predicted molar refractivity (Wildman–Crippen MR) is 77.7 cm³/mol. The Balaban J connectivity index is 2.14. The van der Waals surface area contributed by atoms with Crippen LogP contribution in [0.1, 0.15) is 17.2 Å². The molecular formula is C15H16BrNO. The van der Waals surface area contributed by atoms with Gasteiger partial charge in [-0.05, 0) is 36.8 Å². The minimum Gasteiger partial charge on any atom is -0.484 e. The first-order valence-electron chi connectivity index (χ1n) is 5.88. The van der Waals surface area contributed by atoms with Crippen LogP contribution in [-0.2, 0) is 0 Å². The van der Waals surface area contributed by atoms with Gasteiger partial charge in [-0.25, -0.2) is 0 Å². The molecule has 0 heterocycles. The smallest absolute Gasteiger partial charge is 0.136 e. The molecule has 94 valence electrons. The Kier molecular flexibility index (Phi) is 4.39. The molecule has 0 aliphatic heterocycles. The Morgan fingerprint density at radius 1 is 1.06 bits per heavy atom. The van der Waals surface area contributed by atoms with E-state index in [1.165, 1.54) is 5.56 Å². The molecule has 3 heteroatoms. The van der Waals surface area contributed by atoms with Gasteiger partial charge in [0.25, 0.3) is 0 Å². The highest BCUT2D eigenvalue weighted by Crippen LogP contribution is 2.23. The molecule has 0 aliphatic carbocycles. The molecule has 0 aromatic heterocycles. The van der Waals surface area contributed by atoms with Gasteiger partial charge in [0.05, 0.1) is 0 Å². The van der Waals surface area contributed by atoms with E-state index < -0.39 is 0 Å². The Hall–Kier alpha value is -1.32. The summed E-state index contributed by atoms with van der Waals surface area (Å²) in [7, 11) is 0. The van der Waals surface area contributed by atoms with Crippen LogP contribution in [0.15, 0.2) is 53.0 Å². The van der Waals surface area contributed by atoms with Crippen LogP contribution in [0.4, 0.5) is 0 Å². The Labute approximate surface area is 116 Å². The number of hydrogen-bond donors (Lipinski definition) is 1. The molecule has 2 rings (SSSR count). The lowest BCUT2D eigenvalue weighted by Crippen LogP contribution is -2.18. The maximum Gasteiger partial charge on any atom is 0.136 e. The van der Waals surface area contributed by atoms with E-state index in [0.29, 0.717) is 6.54 Å². The van der Waals surface area contributed by atoms with E-state index in [2.05, 4.69) is 47.1 Å². The molecular weight excluding hydrogens is 290 g/mol. The van der Waals surface area contributed by atoms with Gasteiger partial charge in [-0.3, -0.25) is 0 Å². The largest absolute Gasteiger partial charge is 0.484 e. The lowest BCUT2D eigenvalue weighted by Gasteiger charge is -2.18. The van der Waals surface area contributed by atoms with Gasteiger partial charge in [-0.2, -0.15) is 0 Å². The number of hydrogen-bond acceptors (Lipinski definition) is 2. The molecule has 2 N–H and O–H groups in total. The number of nitrogens with two attached hydrogens (primary N) is 1. The summed E-state index contributed by atoms with van der Waals surface area (Å²) in [5, 5.41) is 0. The molecule has 1 unspecified atom stereocenters. The van der Waals surface area contributed by atoms with Crippen molar-refractivity contribution in [3.05, 3.63) is 64.1 Å².